The van der Waals surface area contributed by atoms with E-state index in [9.17, 15) is 14.4 Å². The van der Waals surface area contributed by atoms with Crippen LogP contribution in [-0.4, -0.2) is 59.1 Å². The first-order valence-corrected chi connectivity index (χ1v) is 8.38. The minimum atomic E-state index is -1.08. The molecule has 0 radical (unpaired) electrons. The molecule has 0 bridgehead atoms. The molecule has 0 aliphatic heterocycles. The predicted molar refractivity (Wildman–Crippen MR) is 87.3 cm³/mol. The van der Waals surface area contributed by atoms with Crippen LogP contribution in [-0.2, 0) is 14.4 Å². The van der Waals surface area contributed by atoms with E-state index in [1.165, 1.54) is 30.6 Å². The number of carbonyl (C=O) groups excluding carboxylic acids is 1. The second kappa shape index (κ2) is 14.0. The first-order chi connectivity index (χ1) is 11.0. The van der Waals surface area contributed by atoms with Crippen molar-refractivity contribution >= 4 is 17.8 Å². The molecule has 7 nitrogen and oxygen atoms in total. The molecule has 0 spiro atoms. The maximum atomic E-state index is 11.6. The summed E-state index contributed by atoms with van der Waals surface area (Å²) in [6.45, 7) is 1.95. The molecule has 0 fully saturated rings. The summed E-state index contributed by atoms with van der Waals surface area (Å²) in [5.41, 5.74) is 0. The number of unbranched alkanes of at least 4 members (excludes halogenated alkanes) is 6. The van der Waals surface area contributed by atoms with Gasteiger partial charge in [-0.1, -0.05) is 45.4 Å². The van der Waals surface area contributed by atoms with E-state index in [0.29, 0.717) is 6.42 Å². The monoisotopic (exact) mass is 330 g/mol. The van der Waals surface area contributed by atoms with Crippen molar-refractivity contribution < 1.29 is 24.6 Å². The smallest absolute Gasteiger partial charge is 0.317 e. The van der Waals surface area contributed by atoms with Gasteiger partial charge in [0.1, 0.15) is 0 Å². The molecule has 0 saturated heterocycles. The molecule has 0 unspecified atom stereocenters. The highest BCUT2D eigenvalue weighted by Crippen LogP contribution is 2.08. The van der Waals surface area contributed by atoms with Crippen molar-refractivity contribution in [2.24, 2.45) is 0 Å². The highest BCUT2D eigenvalue weighted by Gasteiger charge is 2.13. The number of carboxylic acid groups (broad SMARTS) is 2. The summed E-state index contributed by atoms with van der Waals surface area (Å²) in [6, 6.07) is 0. The fraction of sp³-hybridized carbons (Fsp3) is 0.812. The second-order valence-corrected chi connectivity index (χ2v) is 5.72. The van der Waals surface area contributed by atoms with Crippen LogP contribution in [0.25, 0.3) is 0 Å². The van der Waals surface area contributed by atoms with E-state index in [1.807, 2.05) is 0 Å². The van der Waals surface area contributed by atoms with E-state index in [2.05, 4.69) is 12.2 Å². The van der Waals surface area contributed by atoms with Gasteiger partial charge >= 0.3 is 11.9 Å². The van der Waals surface area contributed by atoms with E-state index in [-0.39, 0.29) is 32.1 Å². The van der Waals surface area contributed by atoms with Gasteiger partial charge in [0.05, 0.1) is 13.1 Å². The molecule has 0 aromatic carbocycles. The van der Waals surface area contributed by atoms with Crippen molar-refractivity contribution in [2.75, 3.05) is 26.2 Å². The van der Waals surface area contributed by atoms with Crippen LogP contribution >= 0.6 is 0 Å². The number of aliphatic carboxylic acids is 2. The molecule has 0 aromatic heterocycles. The Labute approximate surface area is 138 Å². The molecule has 0 heterocycles. The number of hydrogen-bond acceptors (Lipinski definition) is 4. The minimum absolute atomic E-state index is 0.0656. The van der Waals surface area contributed by atoms with Crippen LogP contribution in [0.3, 0.4) is 0 Å². The van der Waals surface area contributed by atoms with Crippen molar-refractivity contribution in [3.05, 3.63) is 0 Å². The first kappa shape index (κ1) is 21.4. The van der Waals surface area contributed by atoms with Gasteiger partial charge in [-0.3, -0.25) is 19.3 Å². The summed E-state index contributed by atoms with van der Waals surface area (Å²) in [5, 5.41) is 20.1. The Kier molecular flexibility index (Phi) is 13.0. The lowest BCUT2D eigenvalue weighted by molar-refractivity contribution is -0.141. The van der Waals surface area contributed by atoms with Gasteiger partial charge in [0.2, 0.25) is 5.91 Å². The van der Waals surface area contributed by atoms with Crippen LogP contribution in [0, 0.1) is 0 Å². The highest BCUT2D eigenvalue weighted by atomic mass is 16.4. The average Bonchev–Trinajstić information content (AvgIpc) is 2.45. The Morgan fingerprint density at radius 1 is 0.870 bits per heavy atom. The molecule has 0 aliphatic rings. The average molecular weight is 330 g/mol. The molecule has 23 heavy (non-hydrogen) atoms. The van der Waals surface area contributed by atoms with Crippen LogP contribution in [0.2, 0.25) is 0 Å². The lowest BCUT2D eigenvalue weighted by Gasteiger charge is -2.17. The van der Waals surface area contributed by atoms with Gasteiger partial charge < -0.3 is 15.5 Å². The van der Waals surface area contributed by atoms with Crippen LogP contribution in [0.4, 0.5) is 0 Å². The number of nitrogens with zero attached hydrogens (tertiary/aromatic N) is 1. The molecule has 0 rings (SSSR count). The number of carboxylic acids is 2. The number of amides is 1. The van der Waals surface area contributed by atoms with Gasteiger partial charge in [-0.25, -0.2) is 0 Å². The molecule has 3 N–H and O–H groups in total. The van der Waals surface area contributed by atoms with Crippen molar-refractivity contribution in [1.82, 2.24) is 10.2 Å². The summed E-state index contributed by atoms with van der Waals surface area (Å²) in [6.07, 6.45) is 8.48. The minimum Gasteiger partial charge on any atom is -0.480 e. The zero-order valence-corrected chi connectivity index (χ0v) is 14.1. The summed E-state index contributed by atoms with van der Waals surface area (Å²) in [5.74, 6) is -2.23. The third kappa shape index (κ3) is 15.1. The molecule has 134 valence electrons. The lowest BCUT2D eigenvalue weighted by atomic mass is 10.1. The van der Waals surface area contributed by atoms with E-state index in [0.717, 1.165) is 19.3 Å². The number of carbonyl (C=O) groups is 3. The summed E-state index contributed by atoms with van der Waals surface area (Å²) < 4.78 is 0. The Balaban J connectivity index is 3.69. The Bertz CT molecular complexity index is 344. The third-order valence-electron chi connectivity index (χ3n) is 3.48. The van der Waals surface area contributed by atoms with Gasteiger partial charge in [-0.2, -0.15) is 0 Å². The maximum Gasteiger partial charge on any atom is 0.317 e. The van der Waals surface area contributed by atoms with Crippen molar-refractivity contribution in [2.45, 2.75) is 58.3 Å². The maximum absolute atomic E-state index is 11.6. The van der Waals surface area contributed by atoms with E-state index < -0.39 is 11.9 Å². The SMILES string of the molecule is CCCCCCCCCC(=O)NCCN(CC(=O)O)CC(=O)O. The van der Waals surface area contributed by atoms with Crippen LogP contribution in [0.5, 0.6) is 0 Å². The second-order valence-electron chi connectivity index (χ2n) is 5.72. The number of hydrogen-bond donors (Lipinski definition) is 3. The first-order valence-electron chi connectivity index (χ1n) is 8.38. The fourth-order valence-electron chi connectivity index (χ4n) is 2.28. The quantitative estimate of drug-likeness (QED) is 0.395. The standard InChI is InChI=1S/C16H30N2O5/c1-2-3-4-5-6-7-8-9-14(19)17-10-11-18(12-15(20)21)13-16(22)23/h2-13H2,1H3,(H,17,19)(H,20,21)(H,22,23). The third-order valence-corrected chi connectivity index (χ3v) is 3.48. The van der Waals surface area contributed by atoms with Crippen molar-refractivity contribution in [3.63, 3.8) is 0 Å². The molecule has 1 amide bonds. The molecule has 0 aromatic rings. The van der Waals surface area contributed by atoms with Gasteiger partial charge in [-0.05, 0) is 6.42 Å². The summed E-state index contributed by atoms with van der Waals surface area (Å²) in [4.78, 5) is 34.2. The Morgan fingerprint density at radius 3 is 1.91 bits per heavy atom. The highest BCUT2D eigenvalue weighted by molar-refractivity contribution is 5.76. The van der Waals surface area contributed by atoms with E-state index >= 15 is 0 Å². The normalized spacial score (nSPS) is 10.7. The van der Waals surface area contributed by atoms with Crippen LogP contribution < -0.4 is 5.32 Å². The molecule has 7 heteroatoms. The lowest BCUT2D eigenvalue weighted by Crippen LogP contribution is -2.40. The molecular weight excluding hydrogens is 300 g/mol. The number of nitrogens with one attached hydrogen (secondary N) is 1. The Hall–Kier alpha value is -1.63. The molecule has 0 saturated carbocycles. The molecular formula is C16H30N2O5. The van der Waals surface area contributed by atoms with Gasteiger partial charge in [0.15, 0.2) is 0 Å². The zero-order valence-electron chi connectivity index (χ0n) is 14.1. The number of rotatable bonds is 15. The predicted octanol–water partition coefficient (Wildman–Crippen LogP) is 1.71. The fourth-order valence-corrected chi connectivity index (χ4v) is 2.28. The molecule has 0 aliphatic carbocycles. The van der Waals surface area contributed by atoms with E-state index in [1.54, 1.807) is 0 Å². The summed E-state index contributed by atoms with van der Waals surface area (Å²) >= 11 is 0. The zero-order chi connectivity index (χ0) is 17.5. The van der Waals surface area contributed by atoms with Gasteiger partial charge in [0, 0.05) is 19.5 Å². The largest absolute Gasteiger partial charge is 0.480 e. The molecule has 0 atom stereocenters. The van der Waals surface area contributed by atoms with Gasteiger partial charge in [-0.15, -0.1) is 0 Å². The Morgan fingerprint density at radius 2 is 1.39 bits per heavy atom. The van der Waals surface area contributed by atoms with Crippen molar-refractivity contribution in [1.29, 1.82) is 0 Å². The van der Waals surface area contributed by atoms with Crippen LogP contribution in [0.15, 0.2) is 0 Å². The van der Waals surface area contributed by atoms with Crippen molar-refractivity contribution in [3.8, 4) is 0 Å². The van der Waals surface area contributed by atoms with Gasteiger partial charge in [0.25, 0.3) is 0 Å². The van der Waals surface area contributed by atoms with Crippen LogP contribution in [0.1, 0.15) is 58.3 Å². The van der Waals surface area contributed by atoms with E-state index in [4.69, 9.17) is 10.2 Å². The summed E-state index contributed by atoms with van der Waals surface area (Å²) in [7, 11) is 0. The topological polar surface area (TPSA) is 107 Å².